The Balaban J connectivity index is 1.31. The monoisotopic (exact) mass is 488 g/mol. The van der Waals surface area contributed by atoms with E-state index in [1.165, 1.54) is 5.56 Å². The van der Waals surface area contributed by atoms with Crippen molar-refractivity contribution < 1.29 is 23.8 Å². The maximum atomic E-state index is 12.6. The topological polar surface area (TPSA) is 77.1 Å². The number of rotatable bonds is 10. The van der Waals surface area contributed by atoms with Crippen LogP contribution in [0, 0.1) is 20.8 Å². The molecule has 188 valence electrons. The van der Waals surface area contributed by atoms with Gasteiger partial charge in [0.2, 0.25) is 0 Å². The van der Waals surface area contributed by atoms with Crippen LogP contribution in [-0.2, 0) is 9.59 Å². The molecule has 1 aliphatic heterocycles. The highest BCUT2D eigenvalue weighted by Gasteiger charge is 2.25. The highest BCUT2D eigenvalue weighted by molar-refractivity contribution is 5.99. The van der Waals surface area contributed by atoms with Crippen molar-refractivity contribution in [3.8, 4) is 17.2 Å². The zero-order valence-corrected chi connectivity index (χ0v) is 21.0. The molecule has 3 aromatic rings. The van der Waals surface area contributed by atoms with Crippen LogP contribution < -0.4 is 24.4 Å². The quantitative estimate of drug-likeness (QED) is 0.396. The van der Waals surface area contributed by atoms with Gasteiger partial charge in [0.15, 0.2) is 13.2 Å². The summed E-state index contributed by atoms with van der Waals surface area (Å²) < 4.78 is 17.1. The van der Waals surface area contributed by atoms with Crippen LogP contribution >= 0.6 is 0 Å². The molecule has 1 heterocycles. The molecule has 0 radical (unpaired) electrons. The lowest BCUT2D eigenvalue weighted by molar-refractivity contribution is -0.121. The van der Waals surface area contributed by atoms with Crippen molar-refractivity contribution in [1.82, 2.24) is 0 Å². The summed E-state index contributed by atoms with van der Waals surface area (Å²) in [5.74, 6) is 1.76. The van der Waals surface area contributed by atoms with Crippen LogP contribution in [0.1, 0.15) is 29.5 Å². The maximum Gasteiger partial charge on any atom is 0.265 e. The molecule has 7 nitrogen and oxygen atoms in total. The second-order valence-electron chi connectivity index (χ2n) is 8.99. The number of unbranched alkanes of at least 4 members (excludes halogenated alkanes) is 1. The minimum absolute atomic E-state index is 0.00224. The Morgan fingerprint density at radius 2 is 1.72 bits per heavy atom. The third-order valence-electron chi connectivity index (χ3n) is 5.95. The Bertz CT molecular complexity index is 1220. The number of ether oxygens (including phenoxy) is 3. The van der Waals surface area contributed by atoms with Gasteiger partial charge in [0.1, 0.15) is 17.2 Å². The van der Waals surface area contributed by atoms with Crippen molar-refractivity contribution in [2.45, 2.75) is 33.6 Å². The van der Waals surface area contributed by atoms with Gasteiger partial charge in [0, 0.05) is 12.2 Å². The van der Waals surface area contributed by atoms with E-state index in [2.05, 4.69) is 5.32 Å². The zero-order chi connectivity index (χ0) is 25.5. The molecule has 0 atom stereocenters. The van der Waals surface area contributed by atoms with E-state index >= 15 is 0 Å². The fourth-order valence-corrected chi connectivity index (χ4v) is 3.92. The van der Waals surface area contributed by atoms with Crippen LogP contribution in [0.15, 0.2) is 60.7 Å². The highest BCUT2D eigenvalue weighted by Crippen LogP contribution is 2.35. The van der Waals surface area contributed by atoms with Crippen LogP contribution in [0.3, 0.4) is 0 Å². The second kappa shape index (κ2) is 11.6. The summed E-state index contributed by atoms with van der Waals surface area (Å²) >= 11 is 0. The first-order chi connectivity index (χ1) is 17.4. The minimum atomic E-state index is -0.279. The van der Waals surface area contributed by atoms with E-state index in [1.54, 1.807) is 23.1 Å². The first kappa shape index (κ1) is 25.1. The Labute approximate surface area is 212 Å². The Morgan fingerprint density at radius 1 is 0.944 bits per heavy atom. The van der Waals surface area contributed by atoms with Crippen molar-refractivity contribution in [3.05, 3.63) is 77.4 Å². The van der Waals surface area contributed by atoms with E-state index in [4.69, 9.17) is 14.2 Å². The van der Waals surface area contributed by atoms with Crippen molar-refractivity contribution in [1.29, 1.82) is 0 Å². The maximum absolute atomic E-state index is 12.6. The van der Waals surface area contributed by atoms with Gasteiger partial charge in [0.05, 0.1) is 12.3 Å². The molecular weight excluding hydrogens is 456 g/mol. The van der Waals surface area contributed by atoms with E-state index in [0.717, 1.165) is 29.7 Å². The molecular formula is C29H32N2O5. The number of fused-ring (bicyclic) bond motifs is 1. The summed E-state index contributed by atoms with van der Waals surface area (Å²) in [6.45, 7) is 6.97. The van der Waals surface area contributed by atoms with E-state index in [0.29, 0.717) is 36.0 Å². The summed E-state index contributed by atoms with van der Waals surface area (Å²) in [5, 5.41) is 2.85. The summed E-state index contributed by atoms with van der Waals surface area (Å²) in [6, 6.07) is 19.1. The Hall–Kier alpha value is -4.00. The largest absolute Gasteiger partial charge is 0.494 e. The second-order valence-corrected chi connectivity index (χ2v) is 8.99. The lowest BCUT2D eigenvalue weighted by Gasteiger charge is -2.30. The molecule has 4 rings (SSSR count). The molecule has 0 saturated carbocycles. The number of carbonyl (C=O) groups is 2. The number of benzene rings is 3. The molecule has 3 aromatic carbocycles. The number of hydrogen-bond donors (Lipinski definition) is 1. The summed E-state index contributed by atoms with van der Waals surface area (Å²) in [7, 11) is 0. The molecule has 1 aliphatic rings. The third-order valence-corrected chi connectivity index (χ3v) is 5.95. The first-order valence-electron chi connectivity index (χ1n) is 12.2. The normalized spacial score (nSPS) is 12.5. The molecule has 0 unspecified atom stereocenters. The van der Waals surface area contributed by atoms with E-state index in [-0.39, 0.29) is 25.0 Å². The fourth-order valence-electron chi connectivity index (χ4n) is 3.92. The van der Waals surface area contributed by atoms with Gasteiger partial charge in [-0.2, -0.15) is 0 Å². The number of carbonyl (C=O) groups excluding carboxylic acids is 2. The van der Waals surface area contributed by atoms with Gasteiger partial charge in [0.25, 0.3) is 11.8 Å². The average Bonchev–Trinajstić information content (AvgIpc) is 2.86. The molecule has 36 heavy (non-hydrogen) atoms. The van der Waals surface area contributed by atoms with Crippen LogP contribution in [0.2, 0.25) is 0 Å². The van der Waals surface area contributed by atoms with Gasteiger partial charge < -0.3 is 24.4 Å². The van der Waals surface area contributed by atoms with E-state index in [1.807, 2.05) is 63.2 Å². The number of nitrogens with one attached hydrogen (secondary N) is 1. The van der Waals surface area contributed by atoms with Crippen LogP contribution in [-0.4, -0.2) is 38.2 Å². The van der Waals surface area contributed by atoms with Crippen molar-refractivity contribution in [2.75, 3.05) is 36.6 Å². The van der Waals surface area contributed by atoms with Crippen LogP contribution in [0.5, 0.6) is 17.2 Å². The smallest absolute Gasteiger partial charge is 0.265 e. The molecule has 0 fully saturated rings. The summed E-state index contributed by atoms with van der Waals surface area (Å²) in [6.07, 6.45) is 1.58. The Kier molecular flexibility index (Phi) is 8.10. The number of amides is 2. The number of hydrogen-bond acceptors (Lipinski definition) is 5. The average molecular weight is 489 g/mol. The van der Waals surface area contributed by atoms with Gasteiger partial charge >= 0.3 is 0 Å². The van der Waals surface area contributed by atoms with Crippen LogP contribution in [0.4, 0.5) is 11.4 Å². The lowest BCUT2D eigenvalue weighted by atomic mass is 10.1. The van der Waals surface area contributed by atoms with Crippen molar-refractivity contribution in [2.24, 2.45) is 0 Å². The number of aryl methyl sites for hydroxylation is 3. The van der Waals surface area contributed by atoms with Crippen LogP contribution in [0.25, 0.3) is 0 Å². The van der Waals surface area contributed by atoms with Crippen molar-refractivity contribution in [3.63, 3.8) is 0 Å². The summed E-state index contributed by atoms with van der Waals surface area (Å²) in [5.41, 5.74) is 4.46. The molecule has 2 amide bonds. The standard InChI is InChI=1S/C29H32N2O5/c1-20-7-11-24(12-8-20)34-15-5-4-14-31-25-17-23(10-13-26(25)36-19-29(31)33)30-28(32)18-35-27-16-21(2)6-9-22(27)3/h6-13,16-17H,4-5,14-15,18-19H2,1-3H3,(H,30,32). The zero-order valence-electron chi connectivity index (χ0n) is 21.0. The molecule has 0 spiro atoms. The molecule has 0 aromatic heterocycles. The molecule has 1 N–H and O–H groups in total. The Morgan fingerprint density at radius 3 is 2.53 bits per heavy atom. The number of nitrogens with zero attached hydrogens (tertiary/aromatic N) is 1. The van der Waals surface area contributed by atoms with E-state index < -0.39 is 0 Å². The fraction of sp³-hybridized carbons (Fsp3) is 0.310. The predicted octanol–water partition coefficient (Wildman–Crippen LogP) is 5.21. The SMILES string of the molecule is Cc1ccc(OCCCCN2C(=O)COc3ccc(NC(=O)COc4cc(C)ccc4C)cc32)cc1. The number of anilines is 2. The van der Waals surface area contributed by atoms with Gasteiger partial charge in [-0.15, -0.1) is 0 Å². The molecule has 0 aliphatic carbocycles. The minimum Gasteiger partial charge on any atom is -0.494 e. The van der Waals surface area contributed by atoms with Gasteiger partial charge in [-0.25, -0.2) is 0 Å². The van der Waals surface area contributed by atoms with Gasteiger partial charge in [-0.3, -0.25) is 9.59 Å². The third kappa shape index (κ3) is 6.56. The predicted molar refractivity (Wildman–Crippen MR) is 140 cm³/mol. The van der Waals surface area contributed by atoms with Crippen molar-refractivity contribution >= 4 is 23.2 Å². The molecule has 0 bridgehead atoms. The van der Waals surface area contributed by atoms with Gasteiger partial charge in [-0.05, 0) is 81.1 Å². The van der Waals surface area contributed by atoms with Gasteiger partial charge in [-0.1, -0.05) is 29.8 Å². The first-order valence-corrected chi connectivity index (χ1v) is 12.2. The van der Waals surface area contributed by atoms with E-state index in [9.17, 15) is 9.59 Å². The lowest BCUT2D eigenvalue weighted by Crippen LogP contribution is -2.39. The molecule has 0 saturated heterocycles. The summed E-state index contributed by atoms with van der Waals surface area (Å²) in [4.78, 5) is 26.8. The molecule has 7 heteroatoms. The highest BCUT2D eigenvalue weighted by atomic mass is 16.5.